The second-order valence-electron chi connectivity index (χ2n) is 13.0. The van der Waals surface area contributed by atoms with E-state index in [0.29, 0.717) is 24.5 Å². The quantitative estimate of drug-likeness (QED) is 0.0848. The van der Waals surface area contributed by atoms with E-state index in [0.717, 1.165) is 12.9 Å². The molecular weight excluding hydrogens is 898 g/mol. The first-order valence-electron chi connectivity index (χ1n) is 16.1. The maximum atomic E-state index is 12.4. The molecule has 0 aliphatic carbocycles. The van der Waals surface area contributed by atoms with E-state index in [-0.39, 0.29) is 39.2 Å². The van der Waals surface area contributed by atoms with E-state index in [4.69, 9.17) is 24.1 Å². The van der Waals surface area contributed by atoms with E-state index in [1.807, 2.05) is 48.5 Å². The number of nitrogens with zero attached hydrogens (tertiary/aromatic N) is 2. The molecule has 0 spiro atoms. The molecule has 0 fully saturated rings. The molecule has 0 unspecified atom stereocenters. The van der Waals surface area contributed by atoms with Crippen molar-refractivity contribution in [1.29, 1.82) is 0 Å². The minimum atomic E-state index is -1.01. The van der Waals surface area contributed by atoms with Crippen molar-refractivity contribution in [3.8, 4) is 11.5 Å². The van der Waals surface area contributed by atoms with Gasteiger partial charge in [-0.25, -0.2) is 19.2 Å². The fraction of sp³-hybridized carbons (Fsp3) is 0.474. The third-order valence-electron chi connectivity index (χ3n) is 6.27. The minimum absolute atomic E-state index is 0. The summed E-state index contributed by atoms with van der Waals surface area (Å²) in [5.74, 6) is 0.00112. The number of amides is 2. The van der Waals surface area contributed by atoms with Gasteiger partial charge in [0.1, 0.15) is 35.9 Å². The zero-order chi connectivity index (χ0) is 38.8. The molecule has 2 amide bonds. The van der Waals surface area contributed by atoms with Crippen molar-refractivity contribution >= 4 is 69.3 Å². The predicted molar refractivity (Wildman–Crippen MR) is 219 cm³/mol. The normalized spacial score (nSPS) is 11.5. The van der Waals surface area contributed by atoms with Crippen LogP contribution < -0.4 is 9.47 Å². The lowest BCUT2D eigenvalue weighted by Crippen LogP contribution is -2.39. The Morgan fingerprint density at radius 2 is 1.02 bits per heavy atom. The molecule has 2 aromatic rings. The van der Waals surface area contributed by atoms with Crippen LogP contribution in [0.4, 0.5) is 9.59 Å². The monoisotopic (exact) mass is 952 g/mol. The highest BCUT2D eigenvalue weighted by molar-refractivity contribution is 14.1. The number of carbonyl (C=O) groups is 4. The highest BCUT2D eigenvalue weighted by Gasteiger charge is 2.23. The van der Waals surface area contributed by atoms with Gasteiger partial charge in [-0.3, -0.25) is 0 Å². The highest BCUT2D eigenvalue weighted by Crippen LogP contribution is 2.16. The Morgan fingerprint density at radius 3 is 1.33 bits per heavy atom. The molecule has 0 aliphatic rings. The van der Waals surface area contributed by atoms with Crippen molar-refractivity contribution < 1.29 is 48.0 Å². The molecule has 2 aromatic carbocycles. The van der Waals surface area contributed by atoms with Crippen molar-refractivity contribution in [2.24, 2.45) is 0 Å². The van der Waals surface area contributed by atoms with Crippen LogP contribution in [0.2, 0.25) is 0 Å². The standard InChI is InChI=1S/C19H26INO5.C18H24INO5.CH4/c1-14(17(22)24-5)10-11-21(18(23)26-19(2,3)4)12-13-25-16-8-6-15(20)7-9-16;1-13(16(21)22)9-10-20(17(23)25-18(2,3)4)11-12-24-15-7-5-14(19)6-8-15;/h6-10H,11-13H2,1-5H3;5-9H,10-12H2,1-4H3,(H,21,22);1H4/b14-10+;13-9+;. The molecule has 0 saturated heterocycles. The number of esters is 1. The summed E-state index contributed by atoms with van der Waals surface area (Å²) in [6.45, 7) is 15.5. The Labute approximate surface area is 336 Å². The lowest BCUT2D eigenvalue weighted by atomic mass is 10.2. The third kappa shape index (κ3) is 21.7. The first kappa shape index (κ1) is 48.5. The molecule has 1 N–H and O–H groups in total. The van der Waals surface area contributed by atoms with Crippen molar-refractivity contribution in [2.75, 3.05) is 46.5 Å². The van der Waals surface area contributed by atoms with Crippen LogP contribution in [0.1, 0.15) is 62.8 Å². The van der Waals surface area contributed by atoms with Crippen LogP contribution in [0.25, 0.3) is 0 Å². The number of ether oxygens (including phenoxy) is 5. The minimum Gasteiger partial charge on any atom is -0.492 e. The Kier molecular flexibility index (Phi) is 22.3. The predicted octanol–water partition coefficient (Wildman–Crippen LogP) is 8.60. The lowest BCUT2D eigenvalue weighted by molar-refractivity contribution is -0.136. The summed E-state index contributed by atoms with van der Waals surface area (Å²) in [5, 5.41) is 8.94. The summed E-state index contributed by atoms with van der Waals surface area (Å²) < 4.78 is 29.0. The van der Waals surface area contributed by atoms with Crippen molar-refractivity contribution in [2.45, 2.75) is 74.0 Å². The smallest absolute Gasteiger partial charge is 0.410 e. The topological polar surface area (TPSA) is 141 Å². The van der Waals surface area contributed by atoms with Gasteiger partial charge >= 0.3 is 24.1 Å². The first-order chi connectivity index (χ1) is 23.7. The SMILES string of the molecule is C.C/C(=C\CN(CCOc1ccc(I)cc1)C(=O)OC(C)(C)C)C(=O)O.COC(=O)/C(C)=C/CN(CCOc1ccc(I)cc1)C(=O)OC(C)(C)C. The summed E-state index contributed by atoms with van der Waals surface area (Å²) in [6, 6.07) is 15.2. The summed E-state index contributed by atoms with van der Waals surface area (Å²) in [4.78, 5) is 50.0. The molecule has 0 bridgehead atoms. The molecule has 0 aromatic heterocycles. The maximum Gasteiger partial charge on any atom is 0.410 e. The van der Waals surface area contributed by atoms with Crippen LogP contribution >= 0.6 is 45.2 Å². The molecule has 0 radical (unpaired) electrons. The van der Waals surface area contributed by atoms with Crippen molar-refractivity contribution in [3.63, 3.8) is 0 Å². The van der Waals surface area contributed by atoms with E-state index in [1.54, 1.807) is 54.5 Å². The maximum absolute atomic E-state index is 12.4. The molecule has 52 heavy (non-hydrogen) atoms. The Bertz CT molecular complexity index is 1480. The van der Waals surface area contributed by atoms with Gasteiger partial charge < -0.3 is 38.6 Å². The van der Waals surface area contributed by atoms with Crippen LogP contribution in [0.3, 0.4) is 0 Å². The van der Waals surface area contributed by atoms with E-state index >= 15 is 0 Å². The Hall–Kier alpha value is -3.54. The molecule has 0 saturated carbocycles. The number of aliphatic carboxylic acids is 1. The van der Waals surface area contributed by atoms with Gasteiger partial charge in [0, 0.05) is 31.4 Å². The molecule has 290 valence electrons. The third-order valence-corrected chi connectivity index (χ3v) is 7.71. The second-order valence-corrected chi connectivity index (χ2v) is 15.5. The zero-order valence-corrected chi connectivity index (χ0v) is 35.1. The van der Waals surface area contributed by atoms with Crippen LogP contribution in [0, 0.1) is 7.14 Å². The van der Waals surface area contributed by atoms with Gasteiger partial charge in [-0.05, 0) is 149 Å². The first-order valence-corrected chi connectivity index (χ1v) is 18.2. The largest absolute Gasteiger partial charge is 0.492 e. The molecule has 0 atom stereocenters. The summed E-state index contributed by atoms with van der Waals surface area (Å²) in [5.41, 5.74) is -0.627. The molecule has 0 aliphatic heterocycles. The highest BCUT2D eigenvalue weighted by atomic mass is 127. The van der Waals surface area contributed by atoms with E-state index in [1.165, 1.54) is 29.9 Å². The summed E-state index contributed by atoms with van der Waals surface area (Å²) in [6.07, 6.45) is 2.16. The van der Waals surface area contributed by atoms with Crippen LogP contribution in [0.15, 0.2) is 71.8 Å². The number of carboxylic acid groups (broad SMARTS) is 1. The number of halogens is 2. The van der Waals surface area contributed by atoms with Gasteiger partial charge in [0.05, 0.1) is 20.2 Å². The fourth-order valence-electron chi connectivity index (χ4n) is 3.60. The van der Waals surface area contributed by atoms with E-state index in [2.05, 4.69) is 49.9 Å². The Morgan fingerprint density at radius 1 is 0.673 bits per heavy atom. The van der Waals surface area contributed by atoms with Crippen LogP contribution in [-0.2, 0) is 23.8 Å². The van der Waals surface area contributed by atoms with Gasteiger partial charge in [0.25, 0.3) is 0 Å². The molecule has 0 heterocycles. The van der Waals surface area contributed by atoms with Gasteiger partial charge in [0.2, 0.25) is 0 Å². The lowest BCUT2D eigenvalue weighted by Gasteiger charge is -2.26. The van der Waals surface area contributed by atoms with Crippen molar-refractivity contribution in [3.05, 3.63) is 79.0 Å². The average molecular weight is 953 g/mol. The number of hydrogen-bond acceptors (Lipinski definition) is 9. The number of carbonyl (C=O) groups excluding carboxylic acids is 3. The Balaban J connectivity index is 0.000000982. The number of carboxylic acids is 1. The van der Waals surface area contributed by atoms with Crippen LogP contribution in [-0.4, -0.2) is 96.7 Å². The number of methoxy groups -OCH3 is 1. The molecular formula is C38H54I2N2O10. The van der Waals surface area contributed by atoms with Crippen molar-refractivity contribution in [1.82, 2.24) is 9.80 Å². The van der Waals surface area contributed by atoms with Gasteiger partial charge in [0.15, 0.2) is 0 Å². The van der Waals surface area contributed by atoms with Gasteiger partial charge in [-0.15, -0.1) is 0 Å². The molecule has 14 heteroatoms. The summed E-state index contributed by atoms with van der Waals surface area (Å²) in [7, 11) is 1.32. The fourth-order valence-corrected chi connectivity index (χ4v) is 4.32. The van der Waals surface area contributed by atoms with Gasteiger partial charge in [-0.2, -0.15) is 0 Å². The zero-order valence-electron chi connectivity index (χ0n) is 30.8. The van der Waals surface area contributed by atoms with E-state index < -0.39 is 35.3 Å². The average Bonchev–Trinajstić information content (AvgIpc) is 3.03. The summed E-state index contributed by atoms with van der Waals surface area (Å²) >= 11 is 4.43. The number of hydrogen-bond donors (Lipinski definition) is 1. The molecule has 2 rings (SSSR count). The van der Waals surface area contributed by atoms with Gasteiger partial charge in [-0.1, -0.05) is 19.6 Å². The number of benzene rings is 2. The number of rotatable bonds is 14. The second kappa shape index (κ2) is 23.9. The molecule has 12 nitrogen and oxygen atoms in total. The van der Waals surface area contributed by atoms with E-state index in [9.17, 15) is 19.2 Å². The van der Waals surface area contributed by atoms with Crippen LogP contribution in [0.5, 0.6) is 11.5 Å².